The molecule has 1 rings (SSSR count). The molecule has 90 valence electrons. The molecule has 0 saturated heterocycles. The summed E-state index contributed by atoms with van der Waals surface area (Å²) in [7, 11) is 0. The van der Waals surface area contributed by atoms with Gasteiger partial charge in [0.2, 0.25) is 0 Å². The molecular weight excluding hydrogens is 222 g/mol. The lowest BCUT2D eigenvalue weighted by molar-refractivity contribution is 0.306. The van der Waals surface area contributed by atoms with Crippen LogP contribution in [0.3, 0.4) is 0 Å². The second kappa shape index (κ2) is 7.39. The number of ether oxygens (including phenoxy) is 1. The molecule has 0 bridgehead atoms. The molecule has 2 N–H and O–H groups in total. The normalized spacial score (nSPS) is 10.4. The van der Waals surface area contributed by atoms with Gasteiger partial charge < -0.3 is 10.5 Å². The Morgan fingerprint density at radius 2 is 1.94 bits per heavy atom. The molecule has 0 aliphatic rings. The minimum Gasteiger partial charge on any atom is -0.491 e. The van der Waals surface area contributed by atoms with Gasteiger partial charge in [0.1, 0.15) is 5.75 Å². The smallest absolute Gasteiger partial charge is 0.143 e. The molecule has 0 aliphatic heterocycles. The number of hydrogen-bond acceptors (Lipinski definition) is 2. The van der Waals surface area contributed by atoms with Crippen LogP contribution in [0.5, 0.6) is 5.75 Å². The standard InChI is InChI=1S/C13H20ClNO/c1-2-3-4-5-6-10-16-12-9-7-8-11(14)13(12)15/h7-9H,2-6,10,15H2,1H3. The van der Waals surface area contributed by atoms with Gasteiger partial charge in [-0.1, -0.05) is 50.3 Å². The molecule has 0 saturated carbocycles. The van der Waals surface area contributed by atoms with Gasteiger partial charge in [0.05, 0.1) is 17.3 Å². The van der Waals surface area contributed by atoms with Gasteiger partial charge in [0.25, 0.3) is 0 Å². The van der Waals surface area contributed by atoms with Gasteiger partial charge >= 0.3 is 0 Å². The summed E-state index contributed by atoms with van der Waals surface area (Å²) in [5.74, 6) is 0.697. The third-order valence-electron chi connectivity index (χ3n) is 2.52. The topological polar surface area (TPSA) is 35.2 Å². The average molecular weight is 242 g/mol. The lowest BCUT2D eigenvalue weighted by atomic mass is 10.2. The van der Waals surface area contributed by atoms with Crippen molar-refractivity contribution in [2.75, 3.05) is 12.3 Å². The van der Waals surface area contributed by atoms with E-state index in [1.54, 1.807) is 6.07 Å². The van der Waals surface area contributed by atoms with Crippen LogP contribution in [0, 0.1) is 0 Å². The average Bonchev–Trinajstić information content (AvgIpc) is 2.29. The van der Waals surface area contributed by atoms with Crippen molar-refractivity contribution in [1.82, 2.24) is 0 Å². The number of nitrogen functional groups attached to an aromatic ring is 1. The second-order valence-electron chi connectivity index (χ2n) is 3.91. The van der Waals surface area contributed by atoms with Crippen LogP contribution in [0.25, 0.3) is 0 Å². The van der Waals surface area contributed by atoms with E-state index in [4.69, 9.17) is 22.1 Å². The summed E-state index contributed by atoms with van der Waals surface area (Å²) in [5.41, 5.74) is 6.33. The SMILES string of the molecule is CCCCCCCOc1cccc(Cl)c1N. The first kappa shape index (κ1) is 13.2. The van der Waals surface area contributed by atoms with Crippen molar-refractivity contribution in [3.63, 3.8) is 0 Å². The fourth-order valence-corrected chi connectivity index (χ4v) is 1.70. The van der Waals surface area contributed by atoms with Crippen molar-refractivity contribution in [1.29, 1.82) is 0 Å². The van der Waals surface area contributed by atoms with Crippen LogP contribution < -0.4 is 10.5 Å². The molecule has 3 heteroatoms. The Balaban J connectivity index is 2.24. The highest BCUT2D eigenvalue weighted by molar-refractivity contribution is 6.33. The first-order valence-electron chi connectivity index (χ1n) is 5.92. The Labute approximate surface area is 103 Å². The van der Waals surface area contributed by atoms with Crippen molar-refractivity contribution >= 4 is 17.3 Å². The quantitative estimate of drug-likeness (QED) is 0.572. The Kier molecular flexibility index (Phi) is 6.09. The third kappa shape index (κ3) is 4.31. The Bertz CT molecular complexity index is 315. The van der Waals surface area contributed by atoms with Crippen molar-refractivity contribution in [3.05, 3.63) is 23.2 Å². The Hall–Kier alpha value is -0.890. The molecule has 0 spiro atoms. The molecule has 0 fully saturated rings. The molecule has 0 heterocycles. The number of para-hydroxylation sites is 1. The van der Waals surface area contributed by atoms with Gasteiger partial charge in [0, 0.05) is 0 Å². The van der Waals surface area contributed by atoms with Gasteiger partial charge in [-0.25, -0.2) is 0 Å². The van der Waals surface area contributed by atoms with Gasteiger partial charge in [-0.3, -0.25) is 0 Å². The Morgan fingerprint density at radius 1 is 1.19 bits per heavy atom. The minimum absolute atomic E-state index is 0.540. The molecule has 0 unspecified atom stereocenters. The third-order valence-corrected chi connectivity index (χ3v) is 2.85. The maximum Gasteiger partial charge on any atom is 0.143 e. The summed E-state index contributed by atoms with van der Waals surface area (Å²) in [4.78, 5) is 0. The van der Waals surface area contributed by atoms with Crippen molar-refractivity contribution in [2.24, 2.45) is 0 Å². The van der Waals surface area contributed by atoms with E-state index in [0.29, 0.717) is 23.1 Å². The minimum atomic E-state index is 0.540. The van der Waals surface area contributed by atoms with E-state index >= 15 is 0 Å². The fourth-order valence-electron chi connectivity index (χ4n) is 1.53. The van der Waals surface area contributed by atoms with Crippen molar-refractivity contribution in [3.8, 4) is 5.75 Å². The number of benzene rings is 1. The summed E-state index contributed by atoms with van der Waals surface area (Å²) in [6.45, 7) is 2.93. The summed E-state index contributed by atoms with van der Waals surface area (Å²) < 4.78 is 5.59. The van der Waals surface area contributed by atoms with Crippen LogP contribution in [0.2, 0.25) is 5.02 Å². The van der Waals surface area contributed by atoms with E-state index in [9.17, 15) is 0 Å². The molecule has 2 nitrogen and oxygen atoms in total. The number of hydrogen-bond donors (Lipinski definition) is 1. The van der Waals surface area contributed by atoms with Crippen LogP contribution in [-0.2, 0) is 0 Å². The zero-order valence-corrected chi connectivity index (χ0v) is 10.6. The van der Waals surface area contributed by atoms with E-state index in [1.807, 2.05) is 12.1 Å². The molecule has 0 atom stereocenters. The van der Waals surface area contributed by atoms with E-state index < -0.39 is 0 Å². The molecule has 1 aromatic carbocycles. The summed E-state index contributed by atoms with van der Waals surface area (Å²) in [6.07, 6.45) is 6.15. The maximum absolute atomic E-state index is 5.89. The largest absolute Gasteiger partial charge is 0.491 e. The first-order valence-corrected chi connectivity index (χ1v) is 6.30. The predicted molar refractivity (Wildman–Crippen MR) is 70.1 cm³/mol. The summed E-state index contributed by atoms with van der Waals surface area (Å²) in [6, 6.07) is 5.48. The van der Waals surface area contributed by atoms with E-state index in [2.05, 4.69) is 6.92 Å². The maximum atomic E-state index is 5.89. The van der Waals surface area contributed by atoms with E-state index in [1.165, 1.54) is 25.7 Å². The molecular formula is C13H20ClNO. The van der Waals surface area contributed by atoms with Crippen LogP contribution in [0.15, 0.2) is 18.2 Å². The predicted octanol–water partition coefficient (Wildman–Crippen LogP) is 4.27. The lowest BCUT2D eigenvalue weighted by Gasteiger charge is -2.09. The van der Waals surface area contributed by atoms with Crippen molar-refractivity contribution < 1.29 is 4.74 Å². The van der Waals surface area contributed by atoms with Gasteiger partial charge in [-0.05, 0) is 18.6 Å². The number of halogens is 1. The zero-order valence-electron chi connectivity index (χ0n) is 9.84. The molecule has 1 aromatic rings. The monoisotopic (exact) mass is 241 g/mol. The summed E-state index contributed by atoms with van der Waals surface area (Å²) >= 11 is 5.89. The van der Waals surface area contributed by atoms with Gasteiger partial charge in [0.15, 0.2) is 0 Å². The van der Waals surface area contributed by atoms with Gasteiger partial charge in [-0.2, -0.15) is 0 Å². The van der Waals surface area contributed by atoms with Gasteiger partial charge in [-0.15, -0.1) is 0 Å². The van der Waals surface area contributed by atoms with Crippen LogP contribution in [0.4, 0.5) is 5.69 Å². The van der Waals surface area contributed by atoms with Crippen LogP contribution in [0.1, 0.15) is 39.0 Å². The first-order chi connectivity index (χ1) is 7.75. The highest BCUT2D eigenvalue weighted by Crippen LogP contribution is 2.28. The van der Waals surface area contributed by atoms with Crippen LogP contribution in [-0.4, -0.2) is 6.61 Å². The lowest BCUT2D eigenvalue weighted by Crippen LogP contribution is -2.00. The highest BCUT2D eigenvalue weighted by Gasteiger charge is 2.03. The van der Waals surface area contributed by atoms with E-state index in [-0.39, 0.29) is 0 Å². The number of nitrogens with two attached hydrogens (primary N) is 1. The second-order valence-corrected chi connectivity index (χ2v) is 4.32. The summed E-state index contributed by atoms with van der Waals surface area (Å²) in [5, 5.41) is 0.559. The number of unbranched alkanes of at least 4 members (excludes halogenated alkanes) is 4. The fraction of sp³-hybridized carbons (Fsp3) is 0.538. The number of anilines is 1. The zero-order chi connectivity index (χ0) is 11.8. The molecule has 0 aromatic heterocycles. The molecule has 0 aliphatic carbocycles. The van der Waals surface area contributed by atoms with E-state index in [0.717, 1.165) is 6.42 Å². The van der Waals surface area contributed by atoms with Crippen molar-refractivity contribution in [2.45, 2.75) is 39.0 Å². The van der Waals surface area contributed by atoms with Crippen LogP contribution >= 0.6 is 11.6 Å². The molecule has 0 amide bonds. The molecule has 0 radical (unpaired) electrons. The highest BCUT2D eigenvalue weighted by atomic mass is 35.5. The Morgan fingerprint density at radius 3 is 2.69 bits per heavy atom. The number of rotatable bonds is 7. The molecule has 16 heavy (non-hydrogen) atoms.